The Balaban J connectivity index is 1.54. The lowest BCUT2D eigenvalue weighted by atomic mass is 10.1. The molecular weight excluding hydrogens is 260 g/mol. The summed E-state index contributed by atoms with van der Waals surface area (Å²) in [7, 11) is 0. The van der Waals surface area contributed by atoms with E-state index in [9.17, 15) is 0 Å². The Hall–Kier alpha value is -1.28. The molecule has 0 spiro atoms. The lowest BCUT2D eigenvalue weighted by molar-refractivity contribution is 0.263. The van der Waals surface area contributed by atoms with Gasteiger partial charge in [0.2, 0.25) is 0 Å². The summed E-state index contributed by atoms with van der Waals surface area (Å²) in [6.07, 6.45) is 13.8. The molecule has 1 aliphatic rings. The maximum absolute atomic E-state index is 5.64. The van der Waals surface area contributed by atoms with Crippen LogP contribution in [0.2, 0.25) is 0 Å². The molecule has 0 saturated carbocycles. The molecule has 0 bridgehead atoms. The molecule has 1 unspecified atom stereocenters. The Kier molecular flexibility index (Phi) is 7.37. The highest BCUT2D eigenvalue weighted by Crippen LogP contribution is 2.17. The first-order chi connectivity index (χ1) is 10.4. The first-order valence-corrected chi connectivity index (χ1v) is 8.37. The molecule has 2 heteroatoms. The van der Waals surface area contributed by atoms with E-state index in [1.165, 1.54) is 44.1 Å². The number of epoxide rings is 1. The first-order valence-electron chi connectivity index (χ1n) is 8.37. The van der Waals surface area contributed by atoms with Gasteiger partial charge in [-0.2, -0.15) is 0 Å². The smallest absolute Gasteiger partial charge is 0.119 e. The fourth-order valence-corrected chi connectivity index (χ4v) is 2.25. The molecule has 1 aromatic carbocycles. The highest BCUT2D eigenvalue weighted by molar-refractivity contribution is 5.27. The Morgan fingerprint density at radius 3 is 2.48 bits per heavy atom. The zero-order valence-corrected chi connectivity index (χ0v) is 13.2. The van der Waals surface area contributed by atoms with Gasteiger partial charge in [0.25, 0.3) is 0 Å². The topological polar surface area (TPSA) is 21.8 Å². The second kappa shape index (κ2) is 9.62. The minimum Gasteiger partial charge on any atom is -0.491 e. The first kappa shape index (κ1) is 16.1. The number of hydrogen-bond donors (Lipinski definition) is 0. The molecular formula is C19H28O2. The second-order valence-corrected chi connectivity index (χ2v) is 5.77. The van der Waals surface area contributed by atoms with E-state index in [0.29, 0.717) is 12.7 Å². The summed E-state index contributed by atoms with van der Waals surface area (Å²) in [5.41, 5.74) is 1.40. The van der Waals surface area contributed by atoms with Gasteiger partial charge in [-0.15, -0.1) is 0 Å². The molecule has 1 atom stereocenters. The van der Waals surface area contributed by atoms with Gasteiger partial charge in [0.1, 0.15) is 18.5 Å². The van der Waals surface area contributed by atoms with E-state index >= 15 is 0 Å². The highest BCUT2D eigenvalue weighted by atomic mass is 16.6. The average Bonchev–Trinajstić information content (AvgIpc) is 3.33. The molecule has 0 aliphatic carbocycles. The lowest BCUT2D eigenvalue weighted by Crippen LogP contribution is -2.03. The molecule has 116 valence electrons. The van der Waals surface area contributed by atoms with Crippen LogP contribution >= 0.6 is 0 Å². The predicted octanol–water partition coefficient (Wildman–Crippen LogP) is 4.92. The van der Waals surface area contributed by atoms with E-state index in [1.807, 2.05) is 0 Å². The SMILES string of the molecule is CCCC/C=C/CCCCc1ccc(OCC2CO2)cc1. The molecule has 21 heavy (non-hydrogen) atoms. The average molecular weight is 288 g/mol. The highest BCUT2D eigenvalue weighted by Gasteiger charge is 2.22. The van der Waals surface area contributed by atoms with Gasteiger partial charge in [-0.05, 0) is 49.8 Å². The molecule has 1 fully saturated rings. The minimum absolute atomic E-state index is 0.329. The summed E-state index contributed by atoms with van der Waals surface area (Å²) < 4.78 is 10.8. The Morgan fingerprint density at radius 2 is 1.81 bits per heavy atom. The summed E-state index contributed by atoms with van der Waals surface area (Å²) in [6.45, 7) is 3.78. The number of allylic oxidation sites excluding steroid dienone is 2. The van der Waals surface area contributed by atoms with E-state index in [-0.39, 0.29) is 0 Å². The van der Waals surface area contributed by atoms with Crippen LogP contribution in [0.25, 0.3) is 0 Å². The third-order valence-corrected chi connectivity index (χ3v) is 3.74. The van der Waals surface area contributed by atoms with Crippen molar-refractivity contribution in [1.82, 2.24) is 0 Å². The van der Waals surface area contributed by atoms with Crippen molar-refractivity contribution in [2.24, 2.45) is 0 Å². The molecule has 0 N–H and O–H groups in total. The van der Waals surface area contributed by atoms with Crippen LogP contribution in [-0.2, 0) is 11.2 Å². The molecule has 2 rings (SSSR count). The van der Waals surface area contributed by atoms with E-state index in [1.54, 1.807) is 0 Å². The molecule has 1 heterocycles. The predicted molar refractivity (Wildman–Crippen MR) is 87.9 cm³/mol. The maximum atomic E-state index is 5.64. The molecule has 2 nitrogen and oxygen atoms in total. The van der Waals surface area contributed by atoms with Gasteiger partial charge in [0, 0.05) is 0 Å². The van der Waals surface area contributed by atoms with Crippen LogP contribution in [-0.4, -0.2) is 19.3 Å². The van der Waals surface area contributed by atoms with E-state index in [0.717, 1.165) is 18.8 Å². The quantitative estimate of drug-likeness (QED) is 0.327. The van der Waals surface area contributed by atoms with Gasteiger partial charge in [-0.25, -0.2) is 0 Å². The van der Waals surface area contributed by atoms with Crippen molar-refractivity contribution in [1.29, 1.82) is 0 Å². The van der Waals surface area contributed by atoms with Crippen molar-refractivity contribution in [3.63, 3.8) is 0 Å². The van der Waals surface area contributed by atoms with Gasteiger partial charge < -0.3 is 9.47 Å². The Labute approximate surface area is 129 Å². The summed E-state index contributed by atoms with van der Waals surface area (Å²) in [4.78, 5) is 0. The second-order valence-electron chi connectivity index (χ2n) is 5.77. The van der Waals surface area contributed by atoms with Crippen LogP contribution < -0.4 is 4.74 Å². The fourth-order valence-electron chi connectivity index (χ4n) is 2.25. The van der Waals surface area contributed by atoms with Gasteiger partial charge in [0.05, 0.1) is 6.61 Å². The third-order valence-electron chi connectivity index (χ3n) is 3.74. The van der Waals surface area contributed by atoms with Crippen LogP contribution in [0.15, 0.2) is 36.4 Å². The zero-order chi connectivity index (χ0) is 14.8. The Morgan fingerprint density at radius 1 is 1.10 bits per heavy atom. The van der Waals surface area contributed by atoms with Crippen molar-refractivity contribution < 1.29 is 9.47 Å². The normalized spacial score (nSPS) is 17.3. The van der Waals surface area contributed by atoms with Crippen molar-refractivity contribution in [2.45, 2.75) is 58.0 Å². The molecule has 0 radical (unpaired) electrons. The summed E-state index contributed by atoms with van der Waals surface area (Å²) in [5, 5.41) is 0. The summed E-state index contributed by atoms with van der Waals surface area (Å²) in [5.74, 6) is 0.952. The number of rotatable bonds is 11. The molecule has 0 aromatic heterocycles. The number of unbranched alkanes of at least 4 members (excludes halogenated alkanes) is 4. The van der Waals surface area contributed by atoms with Gasteiger partial charge in [-0.3, -0.25) is 0 Å². The van der Waals surface area contributed by atoms with Crippen molar-refractivity contribution in [3.05, 3.63) is 42.0 Å². The van der Waals surface area contributed by atoms with Gasteiger partial charge >= 0.3 is 0 Å². The fraction of sp³-hybridized carbons (Fsp3) is 0.579. The molecule has 1 aliphatic heterocycles. The van der Waals surface area contributed by atoms with Gasteiger partial charge in [-0.1, -0.05) is 44.1 Å². The van der Waals surface area contributed by atoms with Crippen LogP contribution in [0.3, 0.4) is 0 Å². The molecule has 1 aromatic rings. The van der Waals surface area contributed by atoms with Crippen LogP contribution in [0.5, 0.6) is 5.75 Å². The van der Waals surface area contributed by atoms with Crippen molar-refractivity contribution in [2.75, 3.05) is 13.2 Å². The lowest BCUT2D eigenvalue weighted by Gasteiger charge is -2.05. The standard InChI is InChI=1S/C19H28O2/c1-2-3-4-5-6-7-8-9-10-17-11-13-18(14-12-17)20-15-19-16-21-19/h5-6,11-14,19H,2-4,7-10,15-16H2,1H3/b6-5+. The number of aryl methyl sites for hydroxylation is 1. The summed E-state index contributed by atoms with van der Waals surface area (Å²) >= 11 is 0. The summed E-state index contributed by atoms with van der Waals surface area (Å²) in [6, 6.07) is 8.51. The monoisotopic (exact) mass is 288 g/mol. The van der Waals surface area contributed by atoms with E-state index in [2.05, 4.69) is 43.3 Å². The third kappa shape index (κ3) is 7.33. The van der Waals surface area contributed by atoms with Crippen molar-refractivity contribution >= 4 is 0 Å². The largest absolute Gasteiger partial charge is 0.491 e. The number of benzene rings is 1. The molecule has 1 saturated heterocycles. The zero-order valence-electron chi connectivity index (χ0n) is 13.2. The number of hydrogen-bond acceptors (Lipinski definition) is 2. The van der Waals surface area contributed by atoms with Crippen LogP contribution in [0, 0.1) is 0 Å². The molecule has 0 amide bonds. The number of ether oxygens (including phenoxy) is 2. The maximum Gasteiger partial charge on any atom is 0.119 e. The van der Waals surface area contributed by atoms with Crippen molar-refractivity contribution in [3.8, 4) is 5.75 Å². The van der Waals surface area contributed by atoms with Crippen LogP contribution in [0.4, 0.5) is 0 Å². The van der Waals surface area contributed by atoms with Gasteiger partial charge in [0.15, 0.2) is 0 Å². The minimum atomic E-state index is 0.329. The Bertz CT molecular complexity index is 404. The van der Waals surface area contributed by atoms with E-state index < -0.39 is 0 Å². The van der Waals surface area contributed by atoms with Crippen LogP contribution in [0.1, 0.15) is 51.0 Å². The van der Waals surface area contributed by atoms with E-state index in [4.69, 9.17) is 9.47 Å².